The quantitative estimate of drug-likeness (QED) is 0.367. The van der Waals surface area contributed by atoms with E-state index < -0.39 is 17.8 Å². The molecule has 12 heteroatoms. The predicted octanol–water partition coefficient (Wildman–Crippen LogP) is 4.71. The molecular formula is C23H22ClF3N6O2. The Bertz CT molecular complexity index is 1400. The minimum absolute atomic E-state index is 0.0161. The molecule has 0 saturated carbocycles. The molecule has 0 aliphatic heterocycles. The number of carbonyl (C=O) groups excluding carboxylic acids is 1. The number of aryl methyl sites for hydroxylation is 3. The molecule has 0 radical (unpaired) electrons. The van der Waals surface area contributed by atoms with Gasteiger partial charge in [0, 0.05) is 24.3 Å². The Balaban J connectivity index is 1.62. The van der Waals surface area contributed by atoms with Crippen LogP contribution in [-0.2, 0) is 12.7 Å². The zero-order valence-electron chi connectivity index (χ0n) is 19.1. The number of ether oxygens (including phenoxy) is 1. The van der Waals surface area contributed by atoms with Gasteiger partial charge in [-0.2, -0.15) is 23.4 Å². The van der Waals surface area contributed by atoms with Gasteiger partial charge in [0.05, 0.1) is 18.5 Å². The normalized spacial score (nSPS) is 11.7. The van der Waals surface area contributed by atoms with E-state index in [1.54, 1.807) is 24.3 Å². The van der Waals surface area contributed by atoms with Gasteiger partial charge in [-0.15, -0.1) is 0 Å². The summed E-state index contributed by atoms with van der Waals surface area (Å²) < 4.78 is 49.2. The highest BCUT2D eigenvalue weighted by Gasteiger charge is 2.36. The van der Waals surface area contributed by atoms with Crippen LogP contribution in [-0.4, -0.2) is 43.9 Å². The first-order chi connectivity index (χ1) is 16.6. The first-order valence-electron chi connectivity index (χ1n) is 10.7. The number of amides is 1. The van der Waals surface area contributed by atoms with Gasteiger partial charge in [-0.3, -0.25) is 9.48 Å². The topological polar surface area (TPSA) is 86.3 Å². The molecular weight excluding hydrogens is 485 g/mol. The van der Waals surface area contributed by atoms with Crippen LogP contribution in [0.4, 0.5) is 13.2 Å². The molecule has 184 valence electrons. The Morgan fingerprint density at radius 3 is 2.60 bits per heavy atom. The monoisotopic (exact) mass is 506 g/mol. The van der Waals surface area contributed by atoms with Crippen LogP contribution in [0.15, 0.2) is 36.4 Å². The van der Waals surface area contributed by atoms with E-state index in [1.165, 1.54) is 7.11 Å². The molecule has 4 rings (SSSR count). The Morgan fingerprint density at radius 2 is 1.94 bits per heavy atom. The number of aromatic nitrogens is 5. The first-order valence-corrected chi connectivity index (χ1v) is 11.1. The molecule has 3 aromatic heterocycles. The largest absolute Gasteiger partial charge is 0.497 e. The molecule has 1 amide bonds. The number of alkyl halides is 3. The van der Waals surface area contributed by atoms with Crippen molar-refractivity contribution >= 4 is 23.2 Å². The summed E-state index contributed by atoms with van der Waals surface area (Å²) in [6.45, 7) is 4.65. The van der Waals surface area contributed by atoms with Gasteiger partial charge in [0.2, 0.25) is 0 Å². The van der Waals surface area contributed by atoms with Crippen molar-refractivity contribution in [3.63, 3.8) is 0 Å². The highest BCUT2D eigenvalue weighted by molar-refractivity contribution is 6.36. The van der Waals surface area contributed by atoms with Crippen molar-refractivity contribution in [2.45, 2.75) is 33.0 Å². The molecule has 0 bridgehead atoms. The average Bonchev–Trinajstić information content (AvgIpc) is 3.33. The highest BCUT2D eigenvalue weighted by Crippen LogP contribution is 2.35. The fraction of sp³-hybridized carbons (Fsp3) is 0.304. The van der Waals surface area contributed by atoms with E-state index in [0.29, 0.717) is 28.8 Å². The molecule has 4 aromatic rings. The van der Waals surface area contributed by atoms with Gasteiger partial charge in [0.15, 0.2) is 17.0 Å². The summed E-state index contributed by atoms with van der Waals surface area (Å²) in [5, 5.41) is 10.6. The minimum Gasteiger partial charge on any atom is -0.497 e. The second-order valence-corrected chi connectivity index (χ2v) is 8.29. The molecule has 35 heavy (non-hydrogen) atoms. The SMILES string of the molecule is COc1cccc(-c2cc(C(F)(F)F)n3nc(C(=O)NCCCn4nc(C)cc4C)c(Cl)c3n2)c1. The van der Waals surface area contributed by atoms with Gasteiger partial charge in [-0.05, 0) is 44.5 Å². The summed E-state index contributed by atoms with van der Waals surface area (Å²) in [6.07, 6.45) is -4.21. The van der Waals surface area contributed by atoms with Crippen LogP contribution >= 0.6 is 11.6 Å². The molecule has 0 spiro atoms. The Morgan fingerprint density at radius 1 is 1.17 bits per heavy atom. The summed E-state index contributed by atoms with van der Waals surface area (Å²) in [4.78, 5) is 17.0. The van der Waals surface area contributed by atoms with Crippen molar-refractivity contribution in [1.82, 2.24) is 29.7 Å². The Hall–Kier alpha value is -3.60. The van der Waals surface area contributed by atoms with E-state index in [-0.39, 0.29) is 28.6 Å². The number of halogens is 4. The maximum atomic E-state index is 13.9. The number of carbonyl (C=O) groups is 1. The van der Waals surface area contributed by atoms with Gasteiger partial charge in [-0.1, -0.05) is 23.7 Å². The van der Waals surface area contributed by atoms with Gasteiger partial charge >= 0.3 is 6.18 Å². The van der Waals surface area contributed by atoms with Gasteiger partial charge < -0.3 is 10.1 Å². The van der Waals surface area contributed by atoms with Crippen LogP contribution < -0.4 is 10.1 Å². The number of fused-ring (bicyclic) bond motifs is 1. The lowest BCUT2D eigenvalue weighted by Crippen LogP contribution is -2.26. The third kappa shape index (κ3) is 5.09. The third-order valence-electron chi connectivity index (χ3n) is 5.34. The zero-order valence-corrected chi connectivity index (χ0v) is 19.9. The van der Waals surface area contributed by atoms with Crippen LogP contribution in [0.25, 0.3) is 16.9 Å². The lowest BCUT2D eigenvalue weighted by Gasteiger charge is -2.11. The summed E-state index contributed by atoms with van der Waals surface area (Å²) in [5.41, 5.74) is 0.586. The number of hydrogen-bond acceptors (Lipinski definition) is 5. The number of hydrogen-bond donors (Lipinski definition) is 1. The zero-order chi connectivity index (χ0) is 25.3. The van der Waals surface area contributed by atoms with Crippen LogP contribution in [0.5, 0.6) is 5.75 Å². The van der Waals surface area contributed by atoms with Gasteiger partial charge in [-0.25, -0.2) is 9.50 Å². The van der Waals surface area contributed by atoms with E-state index in [1.807, 2.05) is 24.6 Å². The molecule has 0 atom stereocenters. The Labute approximate surface area is 203 Å². The molecule has 1 N–H and O–H groups in total. The molecule has 0 aliphatic rings. The fourth-order valence-electron chi connectivity index (χ4n) is 3.68. The Kier molecular flexibility index (Phi) is 6.70. The number of nitrogens with one attached hydrogen (secondary N) is 1. The van der Waals surface area contributed by atoms with Crippen molar-refractivity contribution in [2.75, 3.05) is 13.7 Å². The summed E-state index contributed by atoms with van der Waals surface area (Å²) in [5.74, 6) is -0.234. The summed E-state index contributed by atoms with van der Waals surface area (Å²) >= 11 is 6.31. The highest BCUT2D eigenvalue weighted by atomic mass is 35.5. The third-order valence-corrected chi connectivity index (χ3v) is 5.69. The molecule has 1 aromatic carbocycles. The molecule has 8 nitrogen and oxygen atoms in total. The van der Waals surface area contributed by atoms with Gasteiger partial charge in [0.1, 0.15) is 10.8 Å². The molecule has 0 aliphatic carbocycles. The lowest BCUT2D eigenvalue weighted by atomic mass is 10.1. The first kappa shape index (κ1) is 24.5. The summed E-state index contributed by atoms with van der Waals surface area (Å²) in [6, 6.07) is 9.26. The number of nitrogens with zero attached hydrogens (tertiary/aromatic N) is 5. The van der Waals surface area contributed by atoms with Crippen LogP contribution in [0.3, 0.4) is 0 Å². The standard InChI is InChI=1S/C23H22ClF3N6O2/c1-13-10-14(2)32(30-13)9-5-8-28-22(34)20-19(24)21-29-17(15-6-4-7-16(11-15)35-3)12-18(23(25,26)27)33(21)31-20/h4,6-7,10-12H,5,8-9H2,1-3H3,(H,28,34). The predicted molar refractivity (Wildman–Crippen MR) is 124 cm³/mol. The van der Waals surface area contributed by atoms with Crippen LogP contribution in [0.1, 0.15) is 34.0 Å². The molecule has 0 saturated heterocycles. The lowest BCUT2D eigenvalue weighted by molar-refractivity contribution is -0.142. The molecule has 0 unspecified atom stereocenters. The summed E-state index contributed by atoms with van der Waals surface area (Å²) in [7, 11) is 1.45. The molecule has 3 heterocycles. The maximum absolute atomic E-state index is 13.9. The van der Waals surface area contributed by atoms with Crippen molar-refractivity contribution < 1.29 is 22.7 Å². The number of methoxy groups -OCH3 is 1. The second kappa shape index (κ2) is 9.57. The van der Waals surface area contributed by atoms with E-state index in [4.69, 9.17) is 16.3 Å². The van der Waals surface area contributed by atoms with Crippen molar-refractivity contribution in [2.24, 2.45) is 0 Å². The smallest absolute Gasteiger partial charge is 0.433 e. The van der Waals surface area contributed by atoms with E-state index >= 15 is 0 Å². The van der Waals surface area contributed by atoms with Crippen molar-refractivity contribution in [1.29, 1.82) is 0 Å². The van der Waals surface area contributed by atoms with E-state index in [9.17, 15) is 18.0 Å². The number of rotatable bonds is 7. The van der Waals surface area contributed by atoms with Crippen molar-refractivity contribution in [3.8, 4) is 17.0 Å². The van der Waals surface area contributed by atoms with E-state index in [2.05, 4.69) is 20.5 Å². The average molecular weight is 507 g/mol. The van der Waals surface area contributed by atoms with Crippen LogP contribution in [0, 0.1) is 13.8 Å². The number of benzene rings is 1. The van der Waals surface area contributed by atoms with Gasteiger partial charge in [0.25, 0.3) is 5.91 Å². The second-order valence-electron chi connectivity index (χ2n) is 7.91. The maximum Gasteiger partial charge on any atom is 0.433 e. The van der Waals surface area contributed by atoms with Crippen molar-refractivity contribution in [3.05, 3.63) is 64.2 Å². The fourth-order valence-corrected chi connectivity index (χ4v) is 3.93. The van der Waals surface area contributed by atoms with E-state index in [0.717, 1.165) is 17.5 Å². The minimum atomic E-state index is -4.77. The molecule has 0 fully saturated rings. The van der Waals surface area contributed by atoms with Crippen LogP contribution in [0.2, 0.25) is 5.02 Å².